The minimum Gasteiger partial charge on any atom is -0.490 e. The lowest BCUT2D eigenvalue weighted by Crippen LogP contribution is -2.00. The summed E-state index contributed by atoms with van der Waals surface area (Å²) in [7, 11) is 1.43. The number of benzene rings is 1. The highest BCUT2D eigenvalue weighted by Crippen LogP contribution is 2.30. The Hall–Kier alpha value is -2.08. The van der Waals surface area contributed by atoms with Gasteiger partial charge in [0.15, 0.2) is 11.5 Å². The van der Waals surface area contributed by atoms with Crippen molar-refractivity contribution in [1.82, 2.24) is 15.0 Å². The van der Waals surface area contributed by atoms with E-state index in [1.165, 1.54) is 7.11 Å². The molecule has 0 radical (unpaired) electrons. The van der Waals surface area contributed by atoms with E-state index in [1.54, 1.807) is 12.1 Å². The average Bonchev–Trinajstić information content (AvgIpc) is 2.40. The average molecular weight is 282 g/mol. The van der Waals surface area contributed by atoms with Gasteiger partial charge in [-0.25, -0.2) is 0 Å². The van der Waals surface area contributed by atoms with E-state index in [-0.39, 0.29) is 17.3 Å². The monoisotopic (exact) mass is 281 g/mol. The highest BCUT2D eigenvalue weighted by Gasteiger charge is 2.10. The first kappa shape index (κ1) is 13.4. The molecule has 1 aromatic heterocycles. The summed E-state index contributed by atoms with van der Waals surface area (Å²) < 4.78 is 15.9. The quantitative estimate of drug-likeness (QED) is 0.839. The molecule has 7 heteroatoms. The number of rotatable bonds is 5. The molecule has 0 saturated heterocycles. The van der Waals surface area contributed by atoms with Gasteiger partial charge in [0.25, 0.3) is 0 Å². The van der Waals surface area contributed by atoms with Crippen LogP contribution in [-0.2, 0) is 0 Å². The van der Waals surface area contributed by atoms with Crippen LogP contribution in [-0.4, -0.2) is 28.7 Å². The topological polar surface area (TPSA) is 66.4 Å². The Morgan fingerprint density at radius 3 is 2.42 bits per heavy atom. The molecule has 2 aromatic rings. The molecule has 0 aliphatic carbocycles. The number of hydrogen-bond donors (Lipinski definition) is 0. The Morgan fingerprint density at radius 1 is 1.05 bits per heavy atom. The third-order valence-electron chi connectivity index (χ3n) is 2.10. The van der Waals surface area contributed by atoms with Crippen LogP contribution in [0.3, 0.4) is 0 Å². The van der Waals surface area contributed by atoms with Crippen LogP contribution in [0, 0.1) is 0 Å². The van der Waals surface area contributed by atoms with E-state index in [9.17, 15) is 0 Å². The molecule has 0 N–H and O–H groups in total. The highest BCUT2D eigenvalue weighted by molar-refractivity contribution is 6.28. The third kappa shape index (κ3) is 3.45. The predicted octanol–water partition coefficient (Wildman–Crippen LogP) is 2.72. The molecule has 0 unspecified atom stereocenters. The summed E-state index contributed by atoms with van der Waals surface area (Å²) in [5.74, 6) is 1.09. The van der Waals surface area contributed by atoms with Gasteiger partial charge in [0.1, 0.15) is 0 Å². The number of nitrogens with zero attached hydrogens (tertiary/aromatic N) is 3. The normalized spacial score (nSPS) is 10.1. The van der Waals surface area contributed by atoms with Crippen LogP contribution in [0.4, 0.5) is 0 Å². The predicted molar refractivity (Wildman–Crippen MR) is 69.1 cm³/mol. The first-order chi connectivity index (χ1) is 9.22. The van der Waals surface area contributed by atoms with Crippen LogP contribution in [0.5, 0.6) is 23.5 Å². The smallest absolute Gasteiger partial charge is 0.329 e. The summed E-state index contributed by atoms with van der Waals surface area (Å²) >= 11 is 5.74. The number of halogens is 1. The Labute approximate surface area is 115 Å². The van der Waals surface area contributed by atoms with Gasteiger partial charge in [0.05, 0.1) is 13.7 Å². The zero-order valence-electron chi connectivity index (χ0n) is 10.5. The fraction of sp³-hybridized carbons (Fsp3) is 0.250. The molecular formula is C12H12ClN3O3. The van der Waals surface area contributed by atoms with E-state index >= 15 is 0 Å². The van der Waals surface area contributed by atoms with Gasteiger partial charge in [-0.3, -0.25) is 0 Å². The van der Waals surface area contributed by atoms with Crippen LogP contribution < -0.4 is 14.2 Å². The van der Waals surface area contributed by atoms with Crippen LogP contribution >= 0.6 is 11.6 Å². The number of methoxy groups -OCH3 is 1. The Bertz CT molecular complexity index is 566. The van der Waals surface area contributed by atoms with Crippen molar-refractivity contribution in [2.24, 2.45) is 0 Å². The van der Waals surface area contributed by atoms with Gasteiger partial charge >= 0.3 is 12.0 Å². The van der Waals surface area contributed by atoms with Gasteiger partial charge in [-0.15, -0.1) is 4.98 Å². The zero-order chi connectivity index (χ0) is 13.7. The molecular weight excluding hydrogens is 270 g/mol. The van der Waals surface area contributed by atoms with Crippen molar-refractivity contribution >= 4 is 11.6 Å². The van der Waals surface area contributed by atoms with Crippen LogP contribution in [0.15, 0.2) is 24.3 Å². The maximum absolute atomic E-state index is 5.74. The summed E-state index contributed by atoms with van der Waals surface area (Å²) in [6.07, 6.45) is 0. The molecule has 0 amide bonds. The molecule has 0 saturated carbocycles. The van der Waals surface area contributed by atoms with Crippen molar-refractivity contribution in [3.8, 4) is 23.5 Å². The molecule has 100 valence electrons. The molecule has 2 rings (SSSR count). The molecule has 0 bridgehead atoms. The van der Waals surface area contributed by atoms with E-state index in [4.69, 9.17) is 25.8 Å². The second kappa shape index (κ2) is 6.19. The summed E-state index contributed by atoms with van der Waals surface area (Å²) in [6.45, 7) is 2.42. The minimum atomic E-state index is -0.00394. The maximum Gasteiger partial charge on any atom is 0.329 e. The van der Waals surface area contributed by atoms with Crippen molar-refractivity contribution in [3.63, 3.8) is 0 Å². The van der Waals surface area contributed by atoms with E-state index in [1.807, 2.05) is 19.1 Å². The van der Waals surface area contributed by atoms with Crippen LogP contribution in [0.2, 0.25) is 5.28 Å². The van der Waals surface area contributed by atoms with Crippen molar-refractivity contribution in [1.29, 1.82) is 0 Å². The van der Waals surface area contributed by atoms with E-state index in [0.717, 1.165) is 0 Å². The molecule has 19 heavy (non-hydrogen) atoms. The highest BCUT2D eigenvalue weighted by atomic mass is 35.5. The number of hydrogen-bond acceptors (Lipinski definition) is 6. The molecule has 0 aliphatic rings. The molecule has 0 atom stereocenters. The molecule has 0 fully saturated rings. The van der Waals surface area contributed by atoms with Crippen molar-refractivity contribution in [3.05, 3.63) is 29.5 Å². The van der Waals surface area contributed by atoms with Gasteiger partial charge in [-0.05, 0) is 30.7 Å². The van der Waals surface area contributed by atoms with Gasteiger partial charge in [0.2, 0.25) is 5.28 Å². The third-order valence-corrected chi connectivity index (χ3v) is 2.27. The Balaban J connectivity index is 2.28. The Kier molecular flexibility index (Phi) is 4.35. The van der Waals surface area contributed by atoms with Gasteiger partial charge in [0, 0.05) is 0 Å². The summed E-state index contributed by atoms with van der Waals surface area (Å²) in [5.41, 5.74) is 0. The first-order valence-corrected chi connectivity index (χ1v) is 5.96. The van der Waals surface area contributed by atoms with E-state index in [0.29, 0.717) is 18.1 Å². The summed E-state index contributed by atoms with van der Waals surface area (Å²) in [6, 6.07) is 7.33. The van der Waals surface area contributed by atoms with Gasteiger partial charge < -0.3 is 14.2 Å². The Morgan fingerprint density at radius 2 is 1.74 bits per heavy atom. The molecule has 1 aromatic carbocycles. The van der Waals surface area contributed by atoms with E-state index in [2.05, 4.69) is 15.0 Å². The number of ether oxygens (including phenoxy) is 3. The minimum absolute atomic E-state index is 0.00394. The molecule has 0 aliphatic heterocycles. The largest absolute Gasteiger partial charge is 0.490 e. The van der Waals surface area contributed by atoms with Crippen molar-refractivity contribution in [2.45, 2.75) is 6.92 Å². The number of aromatic nitrogens is 3. The molecule has 6 nitrogen and oxygen atoms in total. The van der Waals surface area contributed by atoms with Crippen LogP contribution in [0.25, 0.3) is 0 Å². The SMILES string of the molecule is CCOc1ccccc1Oc1nc(Cl)nc(OC)n1. The molecule has 0 spiro atoms. The second-order valence-corrected chi connectivity index (χ2v) is 3.69. The van der Waals surface area contributed by atoms with Gasteiger partial charge in [-0.1, -0.05) is 12.1 Å². The number of para-hydroxylation sites is 2. The summed E-state index contributed by atoms with van der Waals surface area (Å²) in [5, 5.41) is -0.00394. The fourth-order valence-electron chi connectivity index (χ4n) is 1.36. The standard InChI is InChI=1S/C12H12ClN3O3/c1-3-18-8-6-4-5-7-9(8)19-12-15-10(13)14-11(16-12)17-2/h4-7H,3H2,1-2H3. The first-order valence-electron chi connectivity index (χ1n) is 5.58. The maximum atomic E-state index is 5.74. The lowest BCUT2D eigenvalue weighted by Gasteiger charge is -2.10. The second-order valence-electron chi connectivity index (χ2n) is 3.36. The van der Waals surface area contributed by atoms with Crippen molar-refractivity contribution in [2.75, 3.05) is 13.7 Å². The summed E-state index contributed by atoms with van der Waals surface area (Å²) in [4.78, 5) is 11.6. The lowest BCUT2D eigenvalue weighted by molar-refractivity contribution is 0.313. The van der Waals surface area contributed by atoms with Crippen molar-refractivity contribution < 1.29 is 14.2 Å². The van der Waals surface area contributed by atoms with E-state index < -0.39 is 0 Å². The fourth-order valence-corrected chi connectivity index (χ4v) is 1.50. The van der Waals surface area contributed by atoms with Crippen LogP contribution in [0.1, 0.15) is 6.92 Å². The molecule has 1 heterocycles. The lowest BCUT2D eigenvalue weighted by atomic mass is 10.3. The zero-order valence-corrected chi connectivity index (χ0v) is 11.2. The van der Waals surface area contributed by atoms with Gasteiger partial charge in [-0.2, -0.15) is 9.97 Å².